The molecule has 0 amide bonds. The summed E-state index contributed by atoms with van der Waals surface area (Å²) < 4.78 is 12.2. The third-order valence-electron chi connectivity index (χ3n) is 7.65. The molecule has 0 aromatic rings. The Morgan fingerprint density at radius 3 is 2.62 bits per heavy atom. The van der Waals surface area contributed by atoms with Crippen molar-refractivity contribution in [2.75, 3.05) is 13.2 Å². The fourth-order valence-corrected chi connectivity index (χ4v) is 6.49. The van der Waals surface area contributed by atoms with E-state index in [1.807, 2.05) is 0 Å². The molecule has 0 saturated heterocycles. The van der Waals surface area contributed by atoms with Crippen LogP contribution in [-0.4, -0.2) is 24.8 Å². The van der Waals surface area contributed by atoms with Crippen LogP contribution in [0.4, 0.5) is 0 Å². The summed E-state index contributed by atoms with van der Waals surface area (Å²) in [6.07, 6.45) is 9.73. The number of ketones is 1. The van der Waals surface area contributed by atoms with Crippen LogP contribution in [-0.2, 0) is 14.3 Å². The van der Waals surface area contributed by atoms with Crippen LogP contribution in [0.5, 0.6) is 0 Å². The van der Waals surface area contributed by atoms with E-state index in [0.29, 0.717) is 30.8 Å². The van der Waals surface area contributed by atoms with Gasteiger partial charge in [-0.3, -0.25) is 4.79 Å². The topological polar surface area (TPSA) is 35.5 Å². The maximum atomic E-state index is 12.8. The van der Waals surface area contributed by atoms with E-state index >= 15 is 0 Å². The zero-order valence-electron chi connectivity index (χ0n) is 16.9. The molecule has 0 heterocycles. The number of fused-ring (bicyclic) bond motifs is 4. The summed E-state index contributed by atoms with van der Waals surface area (Å²) in [6, 6.07) is 0. The highest BCUT2D eigenvalue weighted by molar-refractivity contribution is 5.89. The Morgan fingerprint density at radius 2 is 1.92 bits per heavy atom. The van der Waals surface area contributed by atoms with Crippen molar-refractivity contribution in [3.8, 4) is 0 Å². The lowest BCUT2D eigenvalue weighted by Gasteiger charge is -2.47. The lowest BCUT2D eigenvalue weighted by atomic mass is 9.58. The van der Waals surface area contributed by atoms with Crippen molar-refractivity contribution in [3.05, 3.63) is 22.8 Å². The summed E-state index contributed by atoms with van der Waals surface area (Å²) in [7, 11) is 0. The smallest absolute Gasteiger partial charge is 0.172 e. The average Bonchev–Trinajstić information content (AvgIpc) is 2.85. The predicted molar refractivity (Wildman–Crippen MR) is 103 cm³/mol. The van der Waals surface area contributed by atoms with Gasteiger partial charge < -0.3 is 9.47 Å². The fraction of sp³-hybridized carbons (Fsp3) is 0.783. The third kappa shape index (κ3) is 2.65. The molecule has 0 unspecified atom stereocenters. The maximum absolute atomic E-state index is 12.8. The largest absolute Gasteiger partial charge is 0.350 e. The van der Waals surface area contributed by atoms with Crippen molar-refractivity contribution in [1.29, 1.82) is 0 Å². The first-order valence-corrected chi connectivity index (χ1v) is 10.7. The molecule has 1 fully saturated rings. The van der Waals surface area contributed by atoms with Gasteiger partial charge in [0, 0.05) is 37.4 Å². The van der Waals surface area contributed by atoms with Crippen LogP contribution >= 0.6 is 0 Å². The highest BCUT2D eigenvalue weighted by Gasteiger charge is 2.55. The predicted octanol–water partition coefficient (Wildman–Crippen LogP) is 5.21. The highest BCUT2D eigenvalue weighted by atomic mass is 16.7. The minimum Gasteiger partial charge on any atom is -0.350 e. The van der Waals surface area contributed by atoms with Gasteiger partial charge >= 0.3 is 0 Å². The number of hydrogen-bond donors (Lipinski definition) is 0. The van der Waals surface area contributed by atoms with Crippen molar-refractivity contribution in [2.24, 2.45) is 23.2 Å². The average molecular weight is 359 g/mol. The van der Waals surface area contributed by atoms with Crippen molar-refractivity contribution in [2.45, 2.75) is 78.4 Å². The number of ether oxygens (including phenoxy) is 2. The molecular weight excluding hydrogens is 324 g/mol. The molecule has 0 aromatic heterocycles. The first kappa shape index (κ1) is 18.4. The molecular formula is C23H34O3. The van der Waals surface area contributed by atoms with Gasteiger partial charge in [0.15, 0.2) is 5.79 Å². The second-order valence-electron chi connectivity index (χ2n) is 9.07. The molecule has 1 saturated carbocycles. The Bertz CT molecular complexity index is 652. The molecule has 144 valence electrons. The van der Waals surface area contributed by atoms with Crippen LogP contribution in [0.1, 0.15) is 72.6 Å². The van der Waals surface area contributed by atoms with E-state index < -0.39 is 5.79 Å². The van der Waals surface area contributed by atoms with Gasteiger partial charge in [-0.15, -0.1) is 0 Å². The molecule has 4 rings (SSSR count). The molecule has 4 aliphatic carbocycles. The minimum atomic E-state index is -0.406. The molecule has 0 radical (unpaired) electrons. The number of carbonyl (C=O) groups excluding carboxylic acids is 1. The van der Waals surface area contributed by atoms with Gasteiger partial charge in [0.05, 0.1) is 0 Å². The zero-order chi connectivity index (χ0) is 18.5. The van der Waals surface area contributed by atoms with E-state index in [1.165, 1.54) is 6.42 Å². The molecule has 0 aromatic carbocycles. The van der Waals surface area contributed by atoms with Gasteiger partial charge in [-0.1, -0.05) is 25.5 Å². The molecule has 0 N–H and O–H groups in total. The van der Waals surface area contributed by atoms with Gasteiger partial charge in [0.25, 0.3) is 0 Å². The number of allylic oxidation sites excluding steroid dienone is 3. The van der Waals surface area contributed by atoms with Gasteiger partial charge in [-0.25, -0.2) is 0 Å². The molecule has 4 aliphatic rings. The second-order valence-corrected chi connectivity index (χ2v) is 9.07. The van der Waals surface area contributed by atoms with Crippen LogP contribution in [0, 0.1) is 23.2 Å². The van der Waals surface area contributed by atoms with Gasteiger partial charge in [-0.2, -0.15) is 0 Å². The molecule has 0 aliphatic heterocycles. The highest BCUT2D eigenvalue weighted by Crippen LogP contribution is 2.59. The summed E-state index contributed by atoms with van der Waals surface area (Å²) in [5, 5.41) is 0. The number of rotatable bonds is 4. The first-order valence-electron chi connectivity index (χ1n) is 10.7. The van der Waals surface area contributed by atoms with Gasteiger partial charge in [-0.05, 0) is 68.9 Å². The van der Waals surface area contributed by atoms with E-state index in [4.69, 9.17) is 9.47 Å². The summed E-state index contributed by atoms with van der Waals surface area (Å²) in [5.74, 6) is 1.48. The van der Waals surface area contributed by atoms with Crippen LogP contribution in [0.25, 0.3) is 0 Å². The summed E-state index contributed by atoms with van der Waals surface area (Å²) in [4.78, 5) is 12.8. The Labute approximate surface area is 158 Å². The molecule has 3 nitrogen and oxygen atoms in total. The molecule has 4 atom stereocenters. The lowest BCUT2D eigenvalue weighted by Crippen LogP contribution is -2.43. The van der Waals surface area contributed by atoms with Gasteiger partial charge in [0.2, 0.25) is 0 Å². The van der Waals surface area contributed by atoms with Gasteiger partial charge in [0.1, 0.15) is 5.78 Å². The standard InChI is InChI=1S/C23H34O3/c1-5-25-23(26-6-2)12-10-17-16(14-23)7-8-19-18(17)9-11-22(4)20(19)13-15(3)21(22)24/h9,15,19-20H,5-8,10-14H2,1-4H3/t15-,19-,20+,22+/m1/s1. The van der Waals surface area contributed by atoms with E-state index in [-0.39, 0.29) is 11.3 Å². The zero-order valence-corrected chi connectivity index (χ0v) is 16.9. The van der Waals surface area contributed by atoms with Crippen molar-refractivity contribution in [3.63, 3.8) is 0 Å². The first-order chi connectivity index (χ1) is 12.4. The maximum Gasteiger partial charge on any atom is 0.172 e. The van der Waals surface area contributed by atoms with E-state index in [9.17, 15) is 4.79 Å². The van der Waals surface area contributed by atoms with Crippen LogP contribution in [0.15, 0.2) is 22.8 Å². The number of Topliss-reactive ketones (excluding diaryl/α,β-unsaturated/α-hetero) is 1. The van der Waals surface area contributed by atoms with Crippen molar-refractivity contribution >= 4 is 5.78 Å². The summed E-state index contributed by atoms with van der Waals surface area (Å²) in [5.41, 5.74) is 4.62. The Kier molecular flexibility index (Phi) is 4.68. The van der Waals surface area contributed by atoms with Crippen molar-refractivity contribution in [1.82, 2.24) is 0 Å². The van der Waals surface area contributed by atoms with E-state index in [1.54, 1.807) is 16.7 Å². The summed E-state index contributed by atoms with van der Waals surface area (Å²) in [6.45, 7) is 9.90. The Hall–Kier alpha value is -0.930. The molecule has 0 spiro atoms. The second kappa shape index (κ2) is 6.60. The third-order valence-corrected chi connectivity index (χ3v) is 7.65. The summed E-state index contributed by atoms with van der Waals surface area (Å²) >= 11 is 0. The van der Waals surface area contributed by atoms with Crippen LogP contribution < -0.4 is 0 Å². The quantitative estimate of drug-likeness (QED) is 0.647. The number of carbonyl (C=O) groups is 1. The lowest BCUT2D eigenvalue weighted by molar-refractivity contribution is -0.238. The Morgan fingerprint density at radius 1 is 1.19 bits per heavy atom. The SMILES string of the molecule is CCOC1(OCC)CCC2=C(CC[C@@H]3C2=CC[C@]2(C)C(=O)[C@H](C)C[C@@H]32)C1. The van der Waals surface area contributed by atoms with Crippen LogP contribution in [0.2, 0.25) is 0 Å². The normalized spacial score (nSPS) is 38.5. The number of hydrogen-bond acceptors (Lipinski definition) is 3. The van der Waals surface area contributed by atoms with E-state index in [0.717, 1.165) is 38.5 Å². The minimum absolute atomic E-state index is 0.110. The molecule has 26 heavy (non-hydrogen) atoms. The molecule has 0 bridgehead atoms. The molecule has 3 heteroatoms. The fourth-order valence-electron chi connectivity index (χ4n) is 6.49. The van der Waals surface area contributed by atoms with E-state index in [2.05, 4.69) is 33.8 Å². The van der Waals surface area contributed by atoms with Crippen molar-refractivity contribution < 1.29 is 14.3 Å². The Balaban J connectivity index is 1.64. The van der Waals surface area contributed by atoms with Crippen LogP contribution in [0.3, 0.4) is 0 Å². The monoisotopic (exact) mass is 358 g/mol.